The molecule has 0 aromatic rings. The molecule has 1 fully saturated rings. The Morgan fingerprint density at radius 3 is 1.47 bits per heavy atom. The zero-order valence-corrected chi connectivity index (χ0v) is 51.4. The van der Waals surface area contributed by atoms with E-state index in [1.807, 2.05) is 0 Å². The number of carboxylic acid groups (broad SMARTS) is 2. The highest BCUT2D eigenvalue weighted by molar-refractivity contribution is 5.82. The van der Waals surface area contributed by atoms with Crippen molar-refractivity contribution in [2.75, 3.05) is 53.0 Å². The summed E-state index contributed by atoms with van der Waals surface area (Å²) in [7, 11) is 2.21. The minimum Gasteiger partial charge on any atom is -0.481 e. The van der Waals surface area contributed by atoms with E-state index in [4.69, 9.17) is 19.3 Å². The van der Waals surface area contributed by atoms with Gasteiger partial charge in [0.2, 0.25) is 5.91 Å². The number of amides is 3. The Kier molecular flexibility index (Phi) is 51.1. The molecule has 0 spiro atoms. The lowest BCUT2D eigenvalue weighted by Gasteiger charge is -2.29. The molecule has 79 heavy (non-hydrogen) atoms. The Morgan fingerprint density at radius 2 is 0.975 bits per heavy atom. The van der Waals surface area contributed by atoms with Gasteiger partial charge in [-0.15, -0.1) is 0 Å². The molecule has 0 aromatic heterocycles. The third-order valence-electron chi connectivity index (χ3n) is 16.0. The lowest BCUT2D eigenvalue weighted by molar-refractivity contribution is -0.180. The molecule has 1 aliphatic rings. The number of aliphatic carboxylic acids is 2. The van der Waals surface area contributed by atoms with Crippen LogP contribution in [0.2, 0.25) is 0 Å². The fourth-order valence-electron chi connectivity index (χ4n) is 10.8. The van der Waals surface area contributed by atoms with Gasteiger partial charge in [0, 0.05) is 58.2 Å². The topological polar surface area (TPSA) is 193 Å². The minimum absolute atomic E-state index is 0.0889. The number of hydrogen-bond acceptors (Lipinski definition) is 9. The summed E-state index contributed by atoms with van der Waals surface area (Å²) in [6.45, 7) is 8.35. The van der Waals surface area contributed by atoms with Gasteiger partial charge in [-0.25, -0.2) is 9.59 Å². The molecule has 5 N–H and O–H groups in total. The van der Waals surface area contributed by atoms with Crippen molar-refractivity contribution >= 4 is 29.7 Å². The molecule has 1 aliphatic heterocycles. The maximum atomic E-state index is 12.5. The molecule has 14 heteroatoms. The number of Topliss-reactive ketones (excluding diaryl/α,β-unsaturated/α-hetero) is 1. The molecule has 3 atom stereocenters. The summed E-state index contributed by atoms with van der Waals surface area (Å²) in [6, 6.07) is -1.75. The van der Waals surface area contributed by atoms with Gasteiger partial charge in [-0.3, -0.25) is 14.4 Å². The fourth-order valence-corrected chi connectivity index (χ4v) is 10.8. The van der Waals surface area contributed by atoms with Crippen molar-refractivity contribution in [3.63, 3.8) is 0 Å². The van der Waals surface area contributed by atoms with Crippen LogP contribution in [-0.4, -0.2) is 116 Å². The standard InChI is InChI=1S/C65H124N4O10/c1-4-6-8-10-12-14-16-18-20-21-23-25-27-29-31-34-39-50-65(49-38-33-30-28-26-24-22-19-17-15-13-11-9-7-5-2)78-57-59(79-65)46-54-69(3)53-41-35-32-36-43-58(70)47-55-77-56-48-61(71)66-51-40-37-44-60(63(74)75)68-64(76)67-52-42-45-62(72)73/h59-60H,4-57H2,1-3H3,(H,66,71)(H,72,73)(H,74,75)(H2,67,68,76)/t59?,60-,65?/m1/s1. The molecule has 0 bridgehead atoms. The van der Waals surface area contributed by atoms with Gasteiger partial charge >= 0.3 is 18.0 Å². The number of nitrogens with one attached hydrogen (secondary N) is 3. The molecule has 0 radical (unpaired) electrons. The van der Waals surface area contributed by atoms with Gasteiger partial charge in [0.05, 0.1) is 25.9 Å². The van der Waals surface area contributed by atoms with Crippen LogP contribution in [0.3, 0.4) is 0 Å². The maximum Gasteiger partial charge on any atom is 0.326 e. The summed E-state index contributed by atoms with van der Waals surface area (Å²) in [5.41, 5.74) is 0. The first-order valence-corrected chi connectivity index (χ1v) is 33.4. The molecule has 0 aliphatic carbocycles. The van der Waals surface area contributed by atoms with Crippen LogP contribution in [0.5, 0.6) is 0 Å². The van der Waals surface area contributed by atoms with Gasteiger partial charge in [0.15, 0.2) is 5.79 Å². The second kappa shape index (κ2) is 54.4. The van der Waals surface area contributed by atoms with Crippen molar-refractivity contribution in [3.8, 4) is 0 Å². The summed E-state index contributed by atoms with van der Waals surface area (Å²) in [4.78, 5) is 61.1. The van der Waals surface area contributed by atoms with Crippen LogP contribution in [0.4, 0.5) is 4.79 Å². The molecular weight excluding hydrogens is 997 g/mol. The van der Waals surface area contributed by atoms with E-state index in [0.717, 1.165) is 58.0 Å². The number of nitrogens with zero attached hydrogens (tertiary/aromatic N) is 1. The molecule has 3 amide bonds. The largest absolute Gasteiger partial charge is 0.481 e. The minimum atomic E-state index is -1.16. The van der Waals surface area contributed by atoms with E-state index in [0.29, 0.717) is 45.4 Å². The van der Waals surface area contributed by atoms with Crippen LogP contribution in [0.1, 0.15) is 316 Å². The number of rotatable bonds is 61. The highest BCUT2D eigenvalue weighted by Crippen LogP contribution is 2.36. The first-order chi connectivity index (χ1) is 38.5. The monoisotopic (exact) mass is 1120 g/mol. The Hall–Kier alpha value is -2.81. The van der Waals surface area contributed by atoms with Crippen molar-refractivity contribution in [2.24, 2.45) is 0 Å². The summed E-state index contributed by atoms with van der Waals surface area (Å²) in [6.07, 6.45) is 54.0. The Balaban J connectivity index is 2.24. The Bertz CT molecular complexity index is 1460. The molecule has 464 valence electrons. The zero-order valence-electron chi connectivity index (χ0n) is 51.4. The molecule has 1 rings (SSSR count). The summed E-state index contributed by atoms with van der Waals surface area (Å²) in [5, 5.41) is 25.7. The van der Waals surface area contributed by atoms with Crippen LogP contribution in [-0.2, 0) is 33.4 Å². The van der Waals surface area contributed by atoms with E-state index in [2.05, 4.69) is 41.7 Å². The lowest BCUT2D eigenvalue weighted by Crippen LogP contribution is -2.46. The number of hydrogen-bond donors (Lipinski definition) is 5. The van der Waals surface area contributed by atoms with Crippen molar-refractivity contribution in [2.45, 2.75) is 334 Å². The number of carboxylic acids is 2. The quantitative estimate of drug-likeness (QED) is 0.0364. The van der Waals surface area contributed by atoms with E-state index in [1.165, 1.54) is 205 Å². The van der Waals surface area contributed by atoms with Crippen LogP contribution < -0.4 is 16.0 Å². The zero-order chi connectivity index (χ0) is 57.5. The van der Waals surface area contributed by atoms with Gasteiger partial charge in [0.1, 0.15) is 11.8 Å². The van der Waals surface area contributed by atoms with Gasteiger partial charge < -0.3 is 45.3 Å². The Morgan fingerprint density at radius 1 is 0.519 bits per heavy atom. The van der Waals surface area contributed by atoms with Crippen molar-refractivity contribution in [1.29, 1.82) is 0 Å². The average Bonchev–Trinajstić information content (AvgIpc) is 3.85. The fraction of sp³-hybridized carbons (Fsp3) is 0.923. The number of carbonyl (C=O) groups is 5. The highest BCUT2D eigenvalue weighted by Gasteiger charge is 2.40. The maximum absolute atomic E-state index is 12.5. The molecule has 0 aromatic carbocycles. The third-order valence-corrected chi connectivity index (χ3v) is 16.0. The van der Waals surface area contributed by atoms with E-state index in [9.17, 15) is 29.1 Å². The normalized spacial score (nSPS) is 15.7. The van der Waals surface area contributed by atoms with E-state index in [-0.39, 0.29) is 56.6 Å². The number of ketones is 1. The molecule has 14 nitrogen and oxygen atoms in total. The molecule has 0 saturated carbocycles. The smallest absolute Gasteiger partial charge is 0.326 e. The van der Waals surface area contributed by atoms with Crippen molar-refractivity contribution in [3.05, 3.63) is 0 Å². The first-order valence-electron chi connectivity index (χ1n) is 33.4. The summed E-state index contributed by atoms with van der Waals surface area (Å²) >= 11 is 0. The molecule has 1 saturated heterocycles. The average molecular weight is 1120 g/mol. The Labute approximate surface area is 483 Å². The summed E-state index contributed by atoms with van der Waals surface area (Å²) < 4.78 is 19.1. The summed E-state index contributed by atoms with van der Waals surface area (Å²) in [5.74, 6) is -2.52. The molecule has 2 unspecified atom stereocenters. The molecule has 1 heterocycles. The number of urea groups is 1. The lowest BCUT2D eigenvalue weighted by atomic mass is 9.98. The third kappa shape index (κ3) is 48.4. The van der Waals surface area contributed by atoms with Gasteiger partial charge in [-0.2, -0.15) is 0 Å². The van der Waals surface area contributed by atoms with Gasteiger partial charge in [-0.05, 0) is 71.4 Å². The first kappa shape index (κ1) is 74.2. The predicted octanol–water partition coefficient (Wildman–Crippen LogP) is 15.9. The van der Waals surface area contributed by atoms with Crippen molar-refractivity contribution < 1.29 is 48.4 Å². The van der Waals surface area contributed by atoms with Crippen LogP contribution in [0.25, 0.3) is 0 Å². The van der Waals surface area contributed by atoms with Crippen molar-refractivity contribution in [1.82, 2.24) is 20.9 Å². The second-order valence-corrected chi connectivity index (χ2v) is 23.6. The highest BCUT2D eigenvalue weighted by atomic mass is 16.7. The predicted molar refractivity (Wildman–Crippen MR) is 324 cm³/mol. The SMILES string of the molecule is CCCCCCCCCCCCCCCCCCCC1(CCCCCCCCCCCCCCCCC)OCC(CCN(C)CCCCCCC(=O)CCOCCC(=O)NCCCC[C@@H](NC(=O)NCCCC(=O)O)C(=O)O)O1. The van der Waals surface area contributed by atoms with Gasteiger partial charge in [0.25, 0.3) is 0 Å². The van der Waals surface area contributed by atoms with Crippen LogP contribution >= 0.6 is 0 Å². The van der Waals surface area contributed by atoms with E-state index in [1.54, 1.807) is 0 Å². The van der Waals surface area contributed by atoms with Crippen LogP contribution in [0, 0.1) is 0 Å². The second-order valence-electron chi connectivity index (χ2n) is 23.6. The number of carbonyl (C=O) groups excluding carboxylic acids is 3. The molecular formula is C65H124N4O10. The van der Waals surface area contributed by atoms with E-state index >= 15 is 0 Å². The van der Waals surface area contributed by atoms with Crippen LogP contribution in [0.15, 0.2) is 0 Å². The van der Waals surface area contributed by atoms with Gasteiger partial charge in [-0.1, -0.05) is 219 Å². The van der Waals surface area contributed by atoms with E-state index < -0.39 is 29.8 Å². The number of unbranched alkanes of at least 4 members (excludes halogenated alkanes) is 34. The number of ether oxygens (including phenoxy) is 3.